The lowest BCUT2D eigenvalue weighted by Gasteiger charge is -2.11. The maximum Gasteiger partial charge on any atom is 0.0948 e. The highest BCUT2D eigenvalue weighted by Crippen LogP contribution is 2.28. The second-order valence-electron chi connectivity index (χ2n) is 4.63. The van der Waals surface area contributed by atoms with Gasteiger partial charge in [0.05, 0.1) is 22.8 Å². The Hall–Kier alpha value is -2.00. The van der Waals surface area contributed by atoms with Crippen molar-refractivity contribution in [3.8, 4) is 0 Å². The molecule has 0 bridgehead atoms. The van der Waals surface area contributed by atoms with Crippen LogP contribution in [0.4, 0.5) is 5.69 Å². The smallest absolute Gasteiger partial charge is 0.0948 e. The molecule has 0 unspecified atom stereocenters. The molecule has 3 aromatic rings. The van der Waals surface area contributed by atoms with Crippen LogP contribution in [-0.4, -0.2) is 9.55 Å². The molecule has 2 heterocycles. The minimum atomic E-state index is 0.732. The van der Waals surface area contributed by atoms with Gasteiger partial charge in [-0.05, 0) is 43.3 Å². The van der Waals surface area contributed by atoms with Crippen LogP contribution >= 0.6 is 11.6 Å². The minimum absolute atomic E-state index is 0.732. The van der Waals surface area contributed by atoms with Crippen molar-refractivity contribution in [1.82, 2.24) is 9.55 Å². The lowest BCUT2D eigenvalue weighted by atomic mass is 10.2. The van der Waals surface area contributed by atoms with Crippen LogP contribution in [0.1, 0.15) is 12.6 Å². The zero-order chi connectivity index (χ0) is 13.9. The van der Waals surface area contributed by atoms with Crippen LogP contribution in [0.5, 0.6) is 0 Å². The second-order valence-corrected chi connectivity index (χ2v) is 5.04. The number of anilines is 1. The molecule has 2 aromatic heterocycles. The molecular formula is C16H16ClN3. The van der Waals surface area contributed by atoms with Crippen molar-refractivity contribution in [3.05, 3.63) is 59.5 Å². The van der Waals surface area contributed by atoms with E-state index < -0.39 is 0 Å². The fraction of sp³-hybridized carbons (Fsp3) is 0.188. The Bertz CT molecular complexity index is 733. The average Bonchev–Trinajstić information content (AvgIpc) is 2.94. The molecule has 0 spiro atoms. The summed E-state index contributed by atoms with van der Waals surface area (Å²) in [5.74, 6) is 0. The molecule has 0 fully saturated rings. The van der Waals surface area contributed by atoms with Gasteiger partial charge in [0.2, 0.25) is 0 Å². The van der Waals surface area contributed by atoms with Gasteiger partial charge in [-0.3, -0.25) is 4.98 Å². The van der Waals surface area contributed by atoms with Crippen molar-refractivity contribution in [1.29, 1.82) is 0 Å². The summed E-state index contributed by atoms with van der Waals surface area (Å²) in [5.41, 5.74) is 3.18. The molecule has 0 saturated heterocycles. The van der Waals surface area contributed by atoms with Crippen LogP contribution in [0.2, 0.25) is 5.02 Å². The van der Waals surface area contributed by atoms with E-state index in [9.17, 15) is 0 Å². The van der Waals surface area contributed by atoms with Crippen molar-refractivity contribution >= 4 is 28.2 Å². The maximum absolute atomic E-state index is 6.20. The predicted molar refractivity (Wildman–Crippen MR) is 84.2 cm³/mol. The molecular weight excluding hydrogens is 270 g/mol. The first-order chi connectivity index (χ1) is 9.79. The highest BCUT2D eigenvalue weighted by atomic mass is 35.5. The maximum atomic E-state index is 6.20. The first-order valence-electron chi connectivity index (χ1n) is 6.70. The number of pyridine rings is 1. The van der Waals surface area contributed by atoms with Gasteiger partial charge < -0.3 is 9.88 Å². The van der Waals surface area contributed by atoms with Gasteiger partial charge in [-0.15, -0.1) is 0 Å². The van der Waals surface area contributed by atoms with Gasteiger partial charge in [0.25, 0.3) is 0 Å². The molecule has 0 atom stereocenters. The predicted octanol–water partition coefficient (Wildman–Crippen LogP) is 4.32. The van der Waals surface area contributed by atoms with E-state index in [-0.39, 0.29) is 0 Å². The van der Waals surface area contributed by atoms with Crippen molar-refractivity contribution < 1.29 is 0 Å². The molecule has 0 saturated carbocycles. The molecule has 0 aliphatic carbocycles. The first-order valence-corrected chi connectivity index (χ1v) is 7.08. The normalized spacial score (nSPS) is 10.9. The molecule has 3 nitrogen and oxygen atoms in total. The van der Waals surface area contributed by atoms with Crippen LogP contribution in [0.3, 0.4) is 0 Å². The Morgan fingerprint density at radius 1 is 1.20 bits per heavy atom. The Kier molecular flexibility index (Phi) is 3.61. The van der Waals surface area contributed by atoms with E-state index in [1.807, 2.05) is 24.3 Å². The third-order valence-corrected chi connectivity index (χ3v) is 3.77. The van der Waals surface area contributed by atoms with Gasteiger partial charge in [0.15, 0.2) is 0 Å². The minimum Gasteiger partial charge on any atom is -0.378 e. The second kappa shape index (κ2) is 5.55. The molecule has 0 amide bonds. The van der Waals surface area contributed by atoms with Crippen LogP contribution < -0.4 is 5.32 Å². The van der Waals surface area contributed by atoms with Gasteiger partial charge in [0.1, 0.15) is 0 Å². The molecule has 1 N–H and O–H groups in total. The fourth-order valence-electron chi connectivity index (χ4n) is 2.38. The molecule has 1 aromatic carbocycles. The quantitative estimate of drug-likeness (QED) is 0.773. The van der Waals surface area contributed by atoms with E-state index in [1.54, 1.807) is 6.20 Å². The van der Waals surface area contributed by atoms with Gasteiger partial charge in [-0.1, -0.05) is 11.6 Å². The molecule has 102 valence electrons. The summed E-state index contributed by atoms with van der Waals surface area (Å²) in [6, 6.07) is 12.0. The zero-order valence-corrected chi connectivity index (χ0v) is 12.1. The van der Waals surface area contributed by atoms with Crippen molar-refractivity contribution in [2.45, 2.75) is 20.0 Å². The van der Waals surface area contributed by atoms with Crippen LogP contribution in [0.15, 0.2) is 48.8 Å². The van der Waals surface area contributed by atoms with Crippen molar-refractivity contribution in [2.75, 3.05) is 5.32 Å². The van der Waals surface area contributed by atoms with E-state index in [0.29, 0.717) is 0 Å². The summed E-state index contributed by atoms with van der Waals surface area (Å²) in [7, 11) is 0. The lowest BCUT2D eigenvalue weighted by Crippen LogP contribution is -2.06. The average molecular weight is 286 g/mol. The number of benzene rings is 1. The van der Waals surface area contributed by atoms with Gasteiger partial charge in [-0.25, -0.2) is 0 Å². The zero-order valence-electron chi connectivity index (χ0n) is 11.3. The molecule has 3 rings (SSSR count). The fourth-order valence-corrected chi connectivity index (χ4v) is 2.60. The largest absolute Gasteiger partial charge is 0.378 e. The van der Waals surface area contributed by atoms with Gasteiger partial charge in [0, 0.05) is 30.0 Å². The number of aryl methyl sites for hydroxylation is 1. The number of hydrogen-bond donors (Lipinski definition) is 1. The monoisotopic (exact) mass is 285 g/mol. The Morgan fingerprint density at radius 2 is 2.10 bits per heavy atom. The molecule has 0 aliphatic heterocycles. The number of rotatable bonds is 4. The van der Waals surface area contributed by atoms with E-state index in [4.69, 9.17) is 11.6 Å². The van der Waals surface area contributed by atoms with Crippen molar-refractivity contribution in [2.24, 2.45) is 0 Å². The highest BCUT2D eigenvalue weighted by molar-refractivity contribution is 6.35. The summed E-state index contributed by atoms with van der Waals surface area (Å²) in [6.45, 7) is 3.89. The SMILES string of the molecule is CCn1cccc1CNc1ccc(Cl)c2cccnc12. The first kappa shape index (κ1) is 13.0. The Balaban J connectivity index is 1.90. The molecule has 0 aliphatic rings. The van der Waals surface area contributed by atoms with Crippen LogP contribution in [0, 0.1) is 0 Å². The van der Waals surface area contributed by atoms with Crippen LogP contribution in [-0.2, 0) is 13.1 Å². The number of fused-ring (bicyclic) bond motifs is 1. The van der Waals surface area contributed by atoms with Crippen LogP contribution in [0.25, 0.3) is 10.9 Å². The number of hydrogen-bond acceptors (Lipinski definition) is 2. The number of nitrogens with one attached hydrogen (secondary N) is 1. The Labute approximate surface area is 123 Å². The summed E-state index contributed by atoms with van der Waals surface area (Å²) in [5, 5.41) is 5.16. The van der Waals surface area contributed by atoms with Gasteiger partial charge in [-0.2, -0.15) is 0 Å². The Morgan fingerprint density at radius 3 is 2.95 bits per heavy atom. The van der Waals surface area contributed by atoms with E-state index >= 15 is 0 Å². The lowest BCUT2D eigenvalue weighted by molar-refractivity contribution is 0.724. The third-order valence-electron chi connectivity index (χ3n) is 3.44. The number of halogens is 1. The third kappa shape index (κ3) is 2.37. The standard InChI is InChI=1S/C16H16ClN3/c1-2-20-10-4-5-12(20)11-19-15-8-7-14(17)13-6-3-9-18-16(13)15/h3-10,19H,2,11H2,1H3. The summed E-state index contributed by atoms with van der Waals surface area (Å²) < 4.78 is 2.22. The number of nitrogens with zero attached hydrogens (tertiary/aromatic N) is 2. The van der Waals surface area contributed by atoms with Crippen molar-refractivity contribution in [3.63, 3.8) is 0 Å². The molecule has 20 heavy (non-hydrogen) atoms. The summed E-state index contributed by atoms with van der Waals surface area (Å²) >= 11 is 6.20. The van der Waals surface area contributed by atoms with E-state index in [0.717, 1.165) is 34.7 Å². The number of aromatic nitrogens is 2. The highest BCUT2D eigenvalue weighted by Gasteiger charge is 2.06. The topological polar surface area (TPSA) is 29.9 Å². The summed E-state index contributed by atoms with van der Waals surface area (Å²) in [4.78, 5) is 4.43. The molecule has 4 heteroatoms. The van der Waals surface area contributed by atoms with E-state index in [1.165, 1.54) is 5.69 Å². The summed E-state index contributed by atoms with van der Waals surface area (Å²) in [6.07, 6.45) is 3.88. The van der Waals surface area contributed by atoms with Gasteiger partial charge >= 0.3 is 0 Å². The van der Waals surface area contributed by atoms with E-state index in [2.05, 4.69) is 40.1 Å². The molecule has 0 radical (unpaired) electrons.